The number of aryl methyl sites for hydroxylation is 1. The van der Waals surface area contributed by atoms with Gasteiger partial charge in [-0.2, -0.15) is 0 Å². The average Bonchev–Trinajstić information content (AvgIpc) is 3.89. The van der Waals surface area contributed by atoms with Crippen LogP contribution in [0.5, 0.6) is 11.5 Å². The highest BCUT2D eigenvalue weighted by atomic mass is 16.5. The molecule has 3 aromatic rings. The number of phenolic OH excluding ortho intramolecular Hbond substituents is 1. The topological polar surface area (TPSA) is 120 Å². The van der Waals surface area contributed by atoms with Crippen molar-refractivity contribution in [1.29, 1.82) is 0 Å². The van der Waals surface area contributed by atoms with Crippen LogP contribution in [0.2, 0.25) is 0 Å². The van der Waals surface area contributed by atoms with Crippen LogP contribution in [-0.2, 0) is 23.1 Å². The van der Waals surface area contributed by atoms with Crippen molar-refractivity contribution in [2.75, 3.05) is 19.8 Å². The number of phenols is 1. The van der Waals surface area contributed by atoms with Crippen molar-refractivity contribution in [3.8, 4) is 11.5 Å². The van der Waals surface area contributed by atoms with Gasteiger partial charge in [-0.25, -0.2) is 0 Å². The molecule has 2 atom stereocenters. The van der Waals surface area contributed by atoms with E-state index in [1.54, 1.807) is 6.07 Å². The Bertz CT molecular complexity index is 1730. The van der Waals surface area contributed by atoms with Crippen LogP contribution >= 0.6 is 0 Å². The SMILES string of the molecule is CCCCCC(O)CC(=O)CCc1ccc(O)c(OCN2C=C3N=CC(C4(c5cccc(C(N)NCCc6ccccc6)c5)CCCC4)=C3C2)c1. The Morgan fingerprint density at radius 3 is 2.65 bits per heavy atom. The number of ketones is 1. The molecular formula is C43H54N4O4. The van der Waals surface area contributed by atoms with E-state index in [1.807, 2.05) is 18.2 Å². The van der Waals surface area contributed by atoms with Gasteiger partial charge in [0, 0.05) is 49.3 Å². The second-order valence-corrected chi connectivity index (χ2v) is 14.5. The van der Waals surface area contributed by atoms with Gasteiger partial charge < -0.3 is 25.6 Å². The number of hydrogen-bond acceptors (Lipinski definition) is 8. The first-order chi connectivity index (χ1) is 24.8. The number of aliphatic hydroxyl groups excluding tert-OH is 1. The number of carbonyl (C=O) groups is 1. The Morgan fingerprint density at radius 2 is 1.84 bits per heavy atom. The van der Waals surface area contributed by atoms with Crippen molar-refractivity contribution in [3.05, 3.63) is 118 Å². The van der Waals surface area contributed by atoms with Crippen LogP contribution in [0.4, 0.5) is 0 Å². The number of nitrogens with one attached hydrogen (secondary N) is 1. The van der Waals surface area contributed by atoms with E-state index in [9.17, 15) is 15.0 Å². The van der Waals surface area contributed by atoms with Crippen LogP contribution < -0.4 is 15.8 Å². The van der Waals surface area contributed by atoms with Crippen LogP contribution in [0.25, 0.3) is 0 Å². The van der Waals surface area contributed by atoms with E-state index in [0.29, 0.717) is 31.6 Å². The maximum atomic E-state index is 12.5. The number of carbonyl (C=O) groups excluding carboxylic acids is 1. The largest absolute Gasteiger partial charge is 0.504 e. The van der Waals surface area contributed by atoms with Crippen molar-refractivity contribution in [3.63, 3.8) is 0 Å². The maximum absolute atomic E-state index is 12.5. The van der Waals surface area contributed by atoms with E-state index in [-0.39, 0.29) is 36.3 Å². The average molecular weight is 691 g/mol. The number of aromatic hydroxyl groups is 1. The van der Waals surface area contributed by atoms with Crippen LogP contribution in [0.15, 0.2) is 101 Å². The minimum absolute atomic E-state index is 0.0551. The first-order valence-electron chi connectivity index (χ1n) is 18.9. The molecule has 3 aromatic carbocycles. The van der Waals surface area contributed by atoms with E-state index in [1.165, 1.54) is 35.1 Å². The minimum Gasteiger partial charge on any atom is -0.504 e. The summed E-state index contributed by atoms with van der Waals surface area (Å²) in [6.45, 7) is 3.88. The van der Waals surface area contributed by atoms with Gasteiger partial charge >= 0.3 is 0 Å². The molecule has 0 saturated heterocycles. The fourth-order valence-corrected chi connectivity index (χ4v) is 7.84. The summed E-state index contributed by atoms with van der Waals surface area (Å²) in [5, 5.41) is 24.3. The number of ether oxygens (including phenoxy) is 1. The summed E-state index contributed by atoms with van der Waals surface area (Å²) in [5.74, 6) is 0.518. The summed E-state index contributed by atoms with van der Waals surface area (Å²) >= 11 is 0. The van der Waals surface area contributed by atoms with Crippen LogP contribution in [0.3, 0.4) is 0 Å². The molecule has 2 unspecified atom stereocenters. The summed E-state index contributed by atoms with van der Waals surface area (Å²) in [6.07, 6.45) is 13.6. The van der Waals surface area contributed by atoms with Gasteiger partial charge in [0.15, 0.2) is 18.2 Å². The van der Waals surface area contributed by atoms with Crippen LogP contribution in [-0.4, -0.2) is 53.0 Å². The maximum Gasteiger partial charge on any atom is 0.163 e. The molecule has 3 aliphatic rings. The van der Waals surface area contributed by atoms with Gasteiger partial charge in [-0.05, 0) is 72.1 Å². The van der Waals surface area contributed by atoms with E-state index in [2.05, 4.69) is 78.1 Å². The molecule has 8 nitrogen and oxygen atoms in total. The smallest absolute Gasteiger partial charge is 0.163 e. The lowest BCUT2D eigenvalue weighted by Gasteiger charge is -2.32. The Hall–Kier alpha value is -4.24. The predicted octanol–water partition coefficient (Wildman–Crippen LogP) is 7.40. The molecule has 0 amide bonds. The van der Waals surface area contributed by atoms with Crippen molar-refractivity contribution in [1.82, 2.24) is 10.2 Å². The lowest BCUT2D eigenvalue weighted by atomic mass is 9.71. The lowest BCUT2D eigenvalue weighted by molar-refractivity contribution is -0.121. The van der Waals surface area contributed by atoms with Crippen LogP contribution in [0, 0.1) is 0 Å². The highest BCUT2D eigenvalue weighted by Gasteiger charge is 2.43. The van der Waals surface area contributed by atoms with E-state index in [4.69, 9.17) is 15.5 Å². The fourth-order valence-electron chi connectivity index (χ4n) is 7.84. The predicted molar refractivity (Wildman–Crippen MR) is 204 cm³/mol. The third-order valence-electron chi connectivity index (χ3n) is 10.7. The number of Topliss-reactive ketones (excluding diaryl/α,β-unsaturated/α-hetero) is 1. The zero-order valence-electron chi connectivity index (χ0n) is 30.0. The summed E-state index contributed by atoms with van der Waals surface area (Å²) < 4.78 is 6.14. The van der Waals surface area contributed by atoms with Crippen molar-refractivity contribution < 1.29 is 19.7 Å². The Labute approximate surface area is 303 Å². The molecule has 0 aromatic heterocycles. The molecular weight excluding hydrogens is 636 g/mol. The molecule has 1 fully saturated rings. The van der Waals surface area contributed by atoms with Crippen molar-refractivity contribution in [2.45, 2.75) is 102 Å². The number of unbranched alkanes of at least 4 members (excludes halogenated alkanes) is 2. The summed E-state index contributed by atoms with van der Waals surface area (Å²) in [5.41, 5.74) is 14.7. The molecule has 0 bridgehead atoms. The lowest BCUT2D eigenvalue weighted by Crippen LogP contribution is -2.32. The number of aliphatic imine (C=N–C) groups is 1. The van der Waals surface area contributed by atoms with E-state index in [0.717, 1.165) is 61.9 Å². The van der Waals surface area contributed by atoms with E-state index >= 15 is 0 Å². The standard InChI is InChI=1S/C43H54N4O4/c1-2-3-5-15-35(48)26-36(49)18-16-32-17-19-40(50)41(24-32)51-30-47-28-37-38(27-46-39(37)29-47)43(21-8-9-22-43)34-14-10-13-33(25-34)42(44)45-23-20-31-11-6-4-7-12-31/h4,6-7,10-14,17,19,24-25,27,29,35,42,45,48,50H,2-3,5,8-9,15-16,18,20-23,26,28,30,44H2,1H3. The molecule has 0 spiro atoms. The Morgan fingerprint density at radius 1 is 1.02 bits per heavy atom. The number of hydrogen-bond donors (Lipinski definition) is 4. The number of fused-ring (bicyclic) bond motifs is 1. The van der Waals surface area contributed by atoms with Gasteiger partial charge in [0.2, 0.25) is 0 Å². The normalized spacial score (nSPS) is 17.5. The molecule has 1 aliphatic carbocycles. The summed E-state index contributed by atoms with van der Waals surface area (Å²) in [7, 11) is 0. The van der Waals surface area contributed by atoms with Gasteiger partial charge in [-0.3, -0.25) is 15.1 Å². The molecule has 51 heavy (non-hydrogen) atoms. The second kappa shape index (κ2) is 17.3. The van der Waals surface area contributed by atoms with Gasteiger partial charge in [-0.15, -0.1) is 0 Å². The highest BCUT2D eigenvalue weighted by molar-refractivity contribution is 5.90. The number of nitrogens with zero attached hydrogens (tertiary/aromatic N) is 2. The molecule has 2 aliphatic heterocycles. The number of rotatable bonds is 19. The number of benzene rings is 3. The van der Waals surface area contributed by atoms with Gasteiger partial charge in [0.25, 0.3) is 0 Å². The number of aliphatic hydroxyl groups is 1. The Balaban J connectivity index is 1.07. The van der Waals surface area contributed by atoms with E-state index < -0.39 is 6.10 Å². The van der Waals surface area contributed by atoms with Crippen LogP contribution in [0.1, 0.15) is 99.6 Å². The first-order valence-corrected chi connectivity index (χ1v) is 18.9. The van der Waals surface area contributed by atoms with Crippen molar-refractivity contribution in [2.24, 2.45) is 10.7 Å². The van der Waals surface area contributed by atoms with Gasteiger partial charge in [0.1, 0.15) is 5.78 Å². The molecule has 270 valence electrons. The zero-order valence-corrected chi connectivity index (χ0v) is 30.0. The van der Waals surface area contributed by atoms with Crippen molar-refractivity contribution >= 4 is 12.0 Å². The fraction of sp³-hybridized carbons (Fsp3) is 0.442. The zero-order chi connectivity index (χ0) is 35.6. The number of nitrogens with two attached hydrogens (primary N) is 1. The molecule has 8 heteroatoms. The Kier molecular flexibility index (Phi) is 12.4. The minimum atomic E-state index is -0.568. The molecule has 2 heterocycles. The molecule has 0 radical (unpaired) electrons. The third-order valence-corrected chi connectivity index (χ3v) is 10.7. The molecule has 5 N–H and O–H groups in total. The van der Waals surface area contributed by atoms with Gasteiger partial charge in [0.05, 0.1) is 18.0 Å². The number of allylic oxidation sites excluding steroid dienone is 1. The molecule has 1 saturated carbocycles. The summed E-state index contributed by atoms with van der Waals surface area (Å²) in [4.78, 5) is 19.5. The third kappa shape index (κ3) is 9.17. The molecule has 6 rings (SSSR count). The second-order valence-electron chi connectivity index (χ2n) is 14.5. The monoisotopic (exact) mass is 690 g/mol. The van der Waals surface area contributed by atoms with Gasteiger partial charge in [-0.1, -0.05) is 99.7 Å². The summed E-state index contributed by atoms with van der Waals surface area (Å²) in [6, 6.07) is 24.5. The first kappa shape index (κ1) is 36.5. The quantitative estimate of drug-likeness (QED) is 0.0764. The highest BCUT2D eigenvalue weighted by Crippen LogP contribution is 2.50.